The first-order valence-corrected chi connectivity index (χ1v) is 60.5. The van der Waals surface area contributed by atoms with E-state index in [-0.39, 0.29) is 6.54 Å². The zero-order chi connectivity index (χ0) is 107. The van der Waals surface area contributed by atoms with Crippen molar-refractivity contribution in [2.24, 2.45) is 0 Å². The van der Waals surface area contributed by atoms with Gasteiger partial charge in [-0.15, -0.1) is 0 Å². The van der Waals surface area contributed by atoms with Gasteiger partial charge in [0, 0.05) is 49.6 Å². The minimum atomic E-state index is -5.53. The number of rotatable bonds is 40. The molecule has 0 amide bonds. The lowest BCUT2D eigenvalue weighted by molar-refractivity contribution is 0.116. The van der Waals surface area contributed by atoms with Crippen molar-refractivity contribution in [2.75, 3.05) is 46.8 Å². The van der Waals surface area contributed by atoms with Crippen LogP contribution in [0.25, 0.3) is 66.2 Å². The molecule has 6 aromatic heterocycles. The molecule has 0 saturated heterocycles. The number of ether oxygens (including phenoxy) is 6. The van der Waals surface area contributed by atoms with Crippen molar-refractivity contribution >= 4 is 157 Å². The summed E-state index contributed by atoms with van der Waals surface area (Å²) in [6.45, 7) is 7.77. The predicted octanol–water partition coefficient (Wildman–Crippen LogP) is 5.58. The van der Waals surface area contributed by atoms with Crippen LogP contribution in [0.4, 0.5) is 0 Å². The molecule has 28 N–H and O–H groups in total. The van der Waals surface area contributed by atoms with Crippen molar-refractivity contribution in [1.82, 2.24) is 57.3 Å². The van der Waals surface area contributed by atoms with Crippen molar-refractivity contribution < 1.29 is 221 Å². The molecule has 6 aromatic carbocycles. The van der Waals surface area contributed by atoms with E-state index >= 15 is 0 Å². The molecular weight excluding hydrogens is 2130 g/mol. The Kier molecular flexibility index (Phi) is 40.0. The zero-order valence-corrected chi connectivity index (χ0v) is 85.6. The van der Waals surface area contributed by atoms with Gasteiger partial charge in [-0.3, -0.25) is 54.8 Å². The Bertz CT molecular complexity index is 6050. The molecule has 0 spiro atoms. The van der Waals surface area contributed by atoms with Crippen LogP contribution in [-0.2, 0) is 94.0 Å². The second-order valence-electron chi connectivity index (χ2n) is 30.9. The highest BCUT2D eigenvalue weighted by atomic mass is 31.3. The van der Waals surface area contributed by atoms with E-state index in [1.54, 1.807) is 78.9 Å². The molecule has 58 nitrogen and oxygen atoms in total. The lowest BCUT2D eigenvalue weighted by Crippen LogP contribution is -2.33. The van der Waals surface area contributed by atoms with E-state index in [1.165, 1.54) is 48.3 Å². The highest BCUT2D eigenvalue weighted by Gasteiger charge is 2.64. The Balaban J connectivity index is 0.000000230. The van der Waals surface area contributed by atoms with Crippen LogP contribution in [0.2, 0.25) is 0 Å². The number of nitrogens with zero attached hydrogens (tertiary/aromatic N) is 12. The highest BCUT2D eigenvalue weighted by molar-refractivity contribution is 7.74. The topological polar surface area (TPSA) is 934 Å². The minimum Gasteiger partial charge on any atom is -0.497 e. The molecule has 6 heterocycles. The normalized spacial score (nSPS) is 13.9. The quantitative estimate of drug-likeness (QED) is 0.0208. The molecule has 70 heteroatoms. The third kappa shape index (κ3) is 29.3. The summed E-state index contributed by atoms with van der Waals surface area (Å²) in [5.74, 6) is 3.28. The number of fused-ring (bicyclic) bond motifs is 6. The van der Waals surface area contributed by atoms with Crippen LogP contribution in [-0.4, -0.2) is 273 Å². The van der Waals surface area contributed by atoms with Crippen LogP contribution >= 0.6 is 90.9 Å². The summed E-state index contributed by atoms with van der Waals surface area (Å²) in [6.07, 6.45) is 11.1. The molecule has 0 aliphatic rings. The van der Waals surface area contributed by atoms with Crippen LogP contribution < -0.4 is 28.4 Å². The fourth-order valence-corrected chi connectivity index (χ4v) is 25.6. The molecule has 0 fully saturated rings. The van der Waals surface area contributed by atoms with Gasteiger partial charge in [-0.25, -0.2) is 29.9 Å². The monoisotopic (exact) mass is 2230 g/mol. The second kappa shape index (κ2) is 46.8. The maximum Gasteiger partial charge on any atom is 0.371 e. The van der Waals surface area contributed by atoms with Gasteiger partial charge in [0.25, 0.3) is 25.4 Å². The molecule has 2 unspecified atom stereocenters. The SMILES string of the molecule is CCCOc1ccc2c(c1)ncn2CC(O)(P(=O)(O)O)P(=O)(O)O.CCCOc1ccc2c(c1)ncn2CC(O)(P(=O)(O)O)P(=O)(O)O.CCCOc1ccc2c(c1)ncn2CC(O)(P(=O)(O)O)P(=O)(O)O.CCCOc1ccc2c(c1)ncn2CC(O)(P(=O)(O)O)P(=O)(O)O.CCCOc1ccc2c(c1)ncn2CC(O)(P(=O)(O)O)P(=O)(O)O.COc1ccc2c(c1)ncn2CC(P(C)(=O)O)P(=O)(O)O. The summed E-state index contributed by atoms with van der Waals surface area (Å²) in [5.41, 5.74) is 4.79. The van der Waals surface area contributed by atoms with Crippen LogP contribution in [0.1, 0.15) is 66.7 Å². The van der Waals surface area contributed by atoms with E-state index < -0.39 is 154 Å². The van der Waals surface area contributed by atoms with E-state index in [9.17, 15) is 193 Å². The average Bonchev–Trinajstić information content (AvgIpc) is 1.74. The number of methoxy groups -OCH3 is 1. The van der Waals surface area contributed by atoms with Crippen LogP contribution in [0.3, 0.4) is 0 Å². The molecule has 0 saturated carbocycles. The van der Waals surface area contributed by atoms with Gasteiger partial charge >= 0.3 is 83.6 Å². The molecule has 12 rings (SSSR count). The molecule has 786 valence electrons. The average molecular weight is 2240 g/mol. The molecule has 12 aromatic rings. The summed E-state index contributed by atoms with van der Waals surface area (Å²) in [6, 6.07) is 28.5. The summed E-state index contributed by atoms with van der Waals surface area (Å²) < 4.78 is 177. The highest BCUT2D eigenvalue weighted by Crippen LogP contribution is 2.73. The molecule has 0 bridgehead atoms. The second-order valence-corrected chi connectivity index (χ2v) is 55.7. The molecule has 0 aliphatic carbocycles. The van der Waals surface area contributed by atoms with Gasteiger partial charge < -0.3 is 194 Å². The van der Waals surface area contributed by atoms with Crippen molar-refractivity contribution in [3.8, 4) is 34.5 Å². The third-order valence-corrected chi connectivity index (χ3v) is 43.0. The Hall–Kier alpha value is -7.42. The van der Waals surface area contributed by atoms with E-state index in [0.717, 1.165) is 93.2 Å². The van der Waals surface area contributed by atoms with Crippen LogP contribution in [0, 0.1) is 0 Å². The first-order chi connectivity index (χ1) is 64.6. The Morgan fingerprint density at radius 3 is 0.567 bits per heavy atom. The number of hydrogen-bond donors (Lipinski definition) is 28. The van der Waals surface area contributed by atoms with Gasteiger partial charge in [0.15, 0.2) is 5.40 Å². The number of imidazole rings is 6. The lowest BCUT2D eigenvalue weighted by atomic mass is 10.3. The van der Waals surface area contributed by atoms with Gasteiger partial charge in [0.05, 0.1) is 177 Å². The van der Waals surface area contributed by atoms with Gasteiger partial charge in [-0.1, -0.05) is 34.6 Å². The number of benzene rings is 6. The standard InChI is InChI=1S/5C12H18N2O8P2.C11H16N2O6P2/c5*1-2-5-22-9-3-4-11-10(6-9)13-8-14(11)7-12(15,23(16,17)18)24(19,20)21;1-19-8-3-4-10-9(5-8)12-7-13(10)6-11(20(2,14)15)21(16,17)18/h5*3-4,6,8,15H,2,5,7H2,1H3,(H2,16,17,18)(H2,19,20,21);3-5,7,11H,6H2,1-2H3,(H,14,15)(H2,16,17,18). The number of aromatic nitrogens is 12. The summed E-state index contributed by atoms with van der Waals surface area (Å²) in [4.78, 5) is 236. The van der Waals surface area contributed by atoms with Gasteiger partial charge in [-0.2, -0.15) is 0 Å². The van der Waals surface area contributed by atoms with Gasteiger partial charge in [-0.05, 0) is 105 Å². The van der Waals surface area contributed by atoms with Crippen LogP contribution in [0.15, 0.2) is 147 Å². The maximum atomic E-state index is 11.7. The Labute approximate surface area is 797 Å². The summed E-state index contributed by atoms with van der Waals surface area (Å²) in [5, 5.41) is 30.6. The fourth-order valence-electron chi connectivity index (χ4n) is 12.3. The fraction of sp³-hybridized carbons (Fsp3) is 0.408. The van der Waals surface area contributed by atoms with E-state index in [2.05, 4.69) is 29.9 Å². The Morgan fingerprint density at radius 2 is 0.418 bits per heavy atom. The maximum absolute atomic E-state index is 11.7. The van der Waals surface area contributed by atoms with Gasteiger partial charge in [0.1, 0.15) is 34.5 Å². The van der Waals surface area contributed by atoms with Crippen LogP contribution in [0.5, 0.6) is 34.5 Å². The Morgan fingerprint density at radius 1 is 0.262 bits per heavy atom. The smallest absolute Gasteiger partial charge is 0.371 e. The van der Waals surface area contributed by atoms with Crippen molar-refractivity contribution in [1.29, 1.82) is 0 Å². The van der Waals surface area contributed by atoms with Gasteiger partial charge in [0.2, 0.25) is 7.37 Å². The largest absolute Gasteiger partial charge is 0.497 e. The zero-order valence-electron chi connectivity index (χ0n) is 74.9. The van der Waals surface area contributed by atoms with E-state index in [4.69, 9.17) is 28.4 Å². The van der Waals surface area contributed by atoms with Crippen molar-refractivity contribution in [2.45, 2.75) is 137 Å². The number of aliphatic hydroxyl groups is 5. The lowest BCUT2D eigenvalue weighted by Gasteiger charge is -2.29. The molecule has 141 heavy (non-hydrogen) atoms. The predicted molar refractivity (Wildman–Crippen MR) is 501 cm³/mol. The van der Waals surface area contributed by atoms with E-state index in [0.29, 0.717) is 134 Å². The van der Waals surface area contributed by atoms with Crippen molar-refractivity contribution in [3.05, 3.63) is 147 Å². The van der Waals surface area contributed by atoms with Crippen molar-refractivity contribution in [3.63, 3.8) is 0 Å². The minimum absolute atomic E-state index is 0.294. The molecular formula is C71H106N12O46P12. The number of hydrogen-bond acceptors (Lipinski definition) is 29. The molecule has 2 atom stereocenters. The van der Waals surface area contributed by atoms with E-state index in [1.807, 2.05) is 34.6 Å². The first kappa shape index (κ1) is 121. The molecule has 0 aliphatic heterocycles. The molecule has 0 radical (unpaired) electrons. The first-order valence-electron chi connectivity index (χ1n) is 40.5. The third-order valence-electron chi connectivity index (χ3n) is 20.0. The summed E-state index contributed by atoms with van der Waals surface area (Å²) in [7, 11) is -62.5. The summed E-state index contributed by atoms with van der Waals surface area (Å²) >= 11 is 0.